The van der Waals surface area contributed by atoms with Crippen LogP contribution in [0.4, 0.5) is 0 Å². The lowest BCUT2D eigenvalue weighted by Crippen LogP contribution is -2.46. The van der Waals surface area contributed by atoms with Gasteiger partial charge in [0.2, 0.25) is 5.91 Å². The summed E-state index contributed by atoms with van der Waals surface area (Å²) in [7, 11) is 0. The summed E-state index contributed by atoms with van der Waals surface area (Å²) < 4.78 is 0. The minimum atomic E-state index is -1.54. The Kier molecular flexibility index (Phi) is 4.05. The lowest BCUT2D eigenvalue weighted by atomic mass is 10.0. The van der Waals surface area contributed by atoms with E-state index in [1.165, 1.54) is 0 Å². The van der Waals surface area contributed by atoms with Crippen LogP contribution in [0.3, 0.4) is 0 Å². The number of aliphatic hydroxyl groups excluding tert-OH is 1. The topological polar surface area (TPSA) is 98.7 Å². The standard InChI is InChI=1S/C9H16N2O4/c1-5-2-3-10-7(5)8(13)11-4-6(12)9(14)15/h5-7,10,12H,2-4H2,1H3,(H,11,13)(H,14,15)/t5?,6-,7?/m0/s1. The lowest BCUT2D eigenvalue weighted by molar-refractivity contribution is -0.146. The normalized spacial score (nSPS) is 27.3. The fraction of sp³-hybridized carbons (Fsp3) is 0.778. The molecule has 1 aliphatic rings. The van der Waals surface area contributed by atoms with E-state index < -0.39 is 12.1 Å². The van der Waals surface area contributed by atoms with Crippen LogP contribution in [-0.4, -0.2) is 47.3 Å². The number of aliphatic hydroxyl groups is 1. The zero-order valence-corrected chi connectivity index (χ0v) is 8.56. The second-order valence-corrected chi connectivity index (χ2v) is 3.80. The number of hydrogen-bond donors (Lipinski definition) is 4. The van der Waals surface area contributed by atoms with Gasteiger partial charge in [-0.25, -0.2) is 4.79 Å². The van der Waals surface area contributed by atoms with E-state index >= 15 is 0 Å². The zero-order valence-electron chi connectivity index (χ0n) is 8.56. The molecule has 1 heterocycles. The van der Waals surface area contributed by atoms with Crippen molar-refractivity contribution in [1.29, 1.82) is 0 Å². The number of carboxylic acid groups (broad SMARTS) is 1. The highest BCUT2D eigenvalue weighted by molar-refractivity contribution is 5.83. The Morgan fingerprint density at radius 1 is 1.60 bits per heavy atom. The monoisotopic (exact) mass is 216 g/mol. The van der Waals surface area contributed by atoms with Crippen LogP contribution in [0.2, 0.25) is 0 Å². The summed E-state index contributed by atoms with van der Waals surface area (Å²) in [5.41, 5.74) is 0. The number of carboxylic acids is 1. The Hall–Kier alpha value is -1.14. The van der Waals surface area contributed by atoms with E-state index in [0.717, 1.165) is 13.0 Å². The first-order valence-electron chi connectivity index (χ1n) is 4.94. The summed E-state index contributed by atoms with van der Waals surface area (Å²) in [6, 6.07) is -0.272. The smallest absolute Gasteiger partial charge is 0.334 e. The van der Waals surface area contributed by atoms with Crippen LogP contribution in [0, 0.1) is 5.92 Å². The van der Waals surface area contributed by atoms with Crippen LogP contribution >= 0.6 is 0 Å². The molecule has 4 N–H and O–H groups in total. The third-order valence-electron chi connectivity index (χ3n) is 2.57. The first kappa shape index (κ1) is 11.9. The first-order valence-corrected chi connectivity index (χ1v) is 4.94. The number of rotatable bonds is 4. The molecule has 1 rings (SSSR count). The first-order chi connectivity index (χ1) is 7.02. The van der Waals surface area contributed by atoms with Crippen molar-refractivity contribution in [2.45, 2.75) is 25.5 Å². The Balaban J connectivity index is 2.32. The Morgan fingerprint density at radius 2 is 2.27 bits per heavy atom. The predicted molar refractivity (Wildman–Crippen MR) is 52.2 cm³/mol. The van der Waals surface area contributed by atoms with Crippen molar-refractivity contribution >= 4 is 11.9 Å². The van der Waals surface area contributed by atoms with Crippen molar-refractivity contribution in [2.75, 3.05) is 13.1 Å². The molecule has 0 aromatic rings. The van der Waals surface area contributed by atoms with Gasteiger partial charge in [0, 0.05) is 0 Å². The molecule has 1 aliphatic heterocycles. The average molecular weight is 216 g/mol. The van der Waals surface area contributed by atoms with Gasteiger partial charge in [-0.1, -0.05) is 6.92 Å². The maximum absolute atomic E-state index is 11.5. The zero-order chi connectivity index (χ0) is 11.4. The molecule has 0 spiro atoms. The van der Waals surface area contributed by atoms with Crippen LogP contribution in [0.5, 0.6) is 0 Å². The molecule has 15 heavy (non-hydrogen) atoms. The van der Waals surface area contributed by atoms with Crippen molar-refractivity contribution in [3.63, 3.8) is 0 Å². The summed E-state index contributed by atoms with van der Waals surface area (Å²) in [4.78, 5) is 21.8. The molecule has 0 aromatic heterocycles. The maximum atomic E-state index is 11.5. The molecule has 6 heteroatoms. The van der Waals surface area contributed by atoms with Gasteiger partial charge in [0.1, 0.15) is 0 Å². The molecule has 0 bridgehead atoms. The van der Waals surface area contributed by atoms with Gasteiger partial charge in [0.15, 0.2) is 6.10 Å². The van der Waals surface area contributed by atoms with Crippen molar-refractivity contribution in [3.05, 3.63) is 0 Å². The lowest BCUT2D eigenvalue weighted by Gasteiger charge is -2.16. The molecule has 0 radical (unpaired) electrons. The molecule has 86 valence electrons. The van der Waals surface area contributed by atoms with E-state index in [1.54, 1.807) is 0 Å². The summed E-state index contributed by atoms with van der Waals surface area (Å²) in [5, 5.41) is 22.8. The van der Waals surface area contributed by atoms with E-state index in [2.05, 4.69) is 10.6 Å². The highest BCUT2D eigenvalue weighted by Gasteiger charge is 2.29. The van der Waals surface area contributed by atoms with Crippen molar-refractivity contribution in [3.8, 4) is 0 Å². The number of nitrogens with one attached hydrogen (secondary N) is 2. The second kappa shape index (κ2) is 5.09. The van der Waals surface area contributed by atoms with E-state index in [9.17, 15) is 9.59 Å². The van der Waals surface area contributed by atoms with E-state index in [-0.39, 0.29) is 24.4 Å². The summed E-state index contributed by atoms with van der Waals surface area (Å²) >= 11 is 0. The summed E-state index contributed by atoms with van der Waals surface area (Å²) in [6.07, 6.45) is -0.606. The fourth-order valence-corrected chi connectivity index (χ4v) is 1.58. The fourth-order valence-electron chi connectivity index (χ4n) is 1.58. The van der Waals surface area contributed by atoms with Crippen molar-refractivity contribution < 1.29 is 19.8 Å². The third kappa shape index (κ3) is 3.17. The second-order valence-electron chi connectivity index (χ2n) is 3.80. The van der Waals surface area contributed by atoms with Gasteiger partial charge in [0.25, 0.3) is 0 Å². The molecule has 1 amide bonds. The van der Waals surface area contributed by atoms with Crippen LogP contribution in [0.1, 0.15) is 13.3 Å². The van der Waals surface area contributed by atoms with E-state index in [1.807, 2.05) is 6.92 Å². The molecule has 1 saturated heterocycles. The minimum Gasteiger partial charge on any atom is -0.479 e. The van der Waals surface area contributed by atoms with Crippen LogP contribution in [0.25, 0.3) is 0 Å². The molecule has 0 aromatic carbocycles. The number of amides is 1. The molecule has 0 saturated carbocycles. The number of carbonyl (C=O) groups excluding carboxylic acids is 1. The maximum Gasteiger partial charge on any atom is 0.334 e. The number of aliphatic carboxylic acids is 1. The predicted octanol–water partition coefficient (Wildman–Crippen LogP) is -1.45. The van der Waals surface area contributed by atoms with Crippen LogP contribution in [0.15, 0.2) is 0 Å². The van der Waals surface area contributed by atoms with Gasteiger partial charge in [-0.2, -0.15) is 0 Å². The molecule has 3 atom stereocenters. The highest BCUT2D eigenvalue weighted by atomic mass is 16.4. The number of carbonyl (C=O) groups is 2. The van der Waals surface area contributed by atoms with Gasteiger partial charge >= 0.3 is 5.97 Å². The van der Waals surface area contributed by atoms with Crippen LogP contribution in [-0.2, 0) is 9.59 Å². The quantitative estimate of drug-likeness (QED) is 0.460. The van der Waals surface area contributed by atoms with Gasteiger partial charge in [-0.05, 0) is 18.9 Å². The van der Waals surface area contributed by atoms with Crippen molar-refractivity contribution in [2.24, 2.45) is 5.92 Å². The van der Waals surface area contributed by atoms with Gasteiger partial charge in [0.05, 0.1) is 12.6 Å². The largest absolute Gasteiger partial charge is 0.479 e. The Morgan fingerprint density at radius 3 is 2.73 bits per heavy atom. The van der Waals surface area contributed by atoms with Gasteiger partial charge in [-0.15, -0.1) is 0 Å². The molecule has 1 fully saturated rings. The molecule has 2 unspecified atom stereocenters. The molecular weight excluding hydrogens is 200 g/mol. The minimum absolute atomic E-state index is 0.243. The Bertz CT molecular complexity index is 256. The summed E-state index contributed by atoms with van der Waals surface area (Å²) in [6.45, 7) is 2.50. The van der Waals surface area contributed by atoms with Crippen molar-refractivity contribution in [1.82, 2.24) is 10.6 Å². The molecule has 6 nitrogen and oxygen atoms in total. The van der Waals surface area contributed by atoms with E-state index in [0.29, 0.717) is 0 Å². The molecule has 0 aliphatic carbocycles. The number of hydrogen-bond acceptors (Lipinski definition) is 4. The van der Waals surface area contributed by atoms with Crippen LogP contribution < -0.4 is 10.6 Å². The molecular formula is C9H16N2O4. The highest BCUT2D eigenvalue weighted by Crippen LogP contribution is 2.13. The van der Waals surface area contributed by atoms with Gasteiger partial charge < -0.3 is 20.8 Å². The SMILES string of the molecule is CC1CCNC1C(=O)NC[C@H](O)C(=O)O. The van der Waals surface area contributed by atoms with E-state index in [4.69, 9.17) is 10.2 Å². The Labute approximate surface area is 87.7 Å². The van der Waals surface area contributed by atoms with Gasteiger partial charge in [-0.3, -0.25) is 4.79 Å². The summed E-state index contributed by atoms with van der Waals surface area (Å²) in [5.74, 6) is -1.34. The third-order valence-corrected chi connectivity index (χ3v) is 2.57. The average Bonchev–Trinajstić information content (AvgIpc) is 2.60.